The molecule has 12 heavy (non-hydrogen) atoms. The molecule has 4 heteroatoms. The van der Waals surface area contributed by atoms with Crippen LogP contribution in [0.3, 0.4) is 0 Å². The Hall–Kier alpha value is -0.610. The molecule has 0 saturated carbocycles. The first-order chi connectivity index (χ1) is 5.45. The monoisotopic (exact) mass is 176 g/mol. The van der Waals surface area contributed by atoms with E-state index in [4.69, 9.17) is 4.74 Å². The highest BCUT2D eigenvalue weighted by atomic mass is 16.5. The second kappa shape index (κ2) is 4.42. The van der Waals surface area contributed by atoms with Crippen LogP contribution in [0.2, 0.25) is 0 Å². The van der Waals surface area contributed by atoms with Crippen molar-refractivity contribution in [2.45, 2.75) is 19.4 Å². The number of hydrogen-bond donors (Lipinski definition) is 1. The van der Waals surface area contributed by atoms with E-state index in [-0.39, 0.29) is 6.61 Å². The molecule has 0 aliphatic heterocycles. The molecule has 0 aliphatic rings. The third-order valence-electron chi connectivity index (χ3n) is 1.92. The smallest absolute Gasteiger partial charge is 0.311 e. The van der Waals surface area contributed by atoms with E-state index in [1.54, 1.807) is 6.92 Å². The quantitative estimate of drug-likeness (QED) is 0.621. The number of hydrogen-bond acceptors (Lipinski definition) is 4. The number of aliphatic hydroxyl groups is 1. The molecule has 0 aromatic heterocycles. The predicted molar refractivity (Wildman–Crippen MR) is 43.7 cm³/mol. The first-order valence-electron chi connectivity index (χ1n) is 3.75. The van der Waals surface area contributed by atoms with Crippen LogP contribution in [-0.4, -0.2) is 37.5 Å². The van der Waals surface area contributed by atoms with Gasteiger partial charge < -0.3 is 14.6 Å². The summed E-state index contributed by atoms with van der Waals surface area (Å²) in [5.74, 6) is -1.01. The normalized spacial score (nSPS) is 18.1. The third-order valence-corrected chi connectivity index (χ3v) is 1.92. The van der Waals surface area contributed by atoms with Gasteiger partial charge in [-0.25, -0.2) is 0 Å². The van der Waals surface area contributed by atoms with Crippen LogP contribution < -0.4 is 0 Å². The molecule has 0 aromatic carbocycles. The molecule has 0 radical (unpaired) electrons. The second-order valence-electron chi connectivity index (χ2n) is 3.04. The SMILES string of the molecule is COCC(C)(O)C(C)C(=O)OC. The van der Waals surface area contributed by atoms with Crippen molar-refractivity contribution in [1.82, 2.24) is 0 Å². The van der Waals surface area contributed by atoms with Crippen molar-refractivity contribution < 1.29 is 19.4 Å². The summed E-state index contributed by atoms with van der Waals surface area (Å²) in [7, 11) is 2.76. The minimum atomic E-state index is -1.16. The van der Waals surface area contributed by atoms with Gasteiger partial charge in [-0.15, -0.1) is 0 Å². The lowest BCUT2D eigenvalue weighted by Gasteiger charge is -2.27. The Kier molecular flexibility index (Phi) is 4.20. The van der Waals surface area contributed by atoms with E-state index in [1.165, 1.54) is 21.1 Å². The highest BCUT2D eigenvalue weighted by Crippen LogP contribution is 2.17. The predicted octanol–water partition coefficient (Wildman–Crippen LogP) is 0.193. The van der Waals surface area contributed by atoms with Crippen LogP contribution >= 0.6 is 0 Å². The summed E-state index contributed by atoms with van der Waals surface area (Å²) in [6, 6.07) is 0. The molecule has 0 rings (SSSR count). The molecule has 0 amide bonds. The Morgan fingerprint density at radius 3 is 2.42 bits per heavy atom. The van der Waals surface area contributed by atoms with Crippen molar-refractivity contribution in [3.8, 4) is 0 Å². The van der Waals surface area contributed by atoms with Gasteiger partial charge in [0.05, 0.1) is 25.2 Å². The molecule has 0 bridgehead atoms. The van der Waals surface area contributed by atoms with E-state index >= 15 is 0 Å². The Bertz CT molecular complexity index is 153. The summed E-state index contributed by atoms with van der Waals surface area (Å²) in [5, 5.41) is 9.66. The van der Waals surface area contributed by atoms with Crippen LogP contribution in [0.5, 0.6) is 0 Å². The Morgan fingerprint density at radius 1 is 1.58 bits per heavy atom. The average Bonchev–Trinajstić information content (AvgIpc) is 2.01. The highest BCUT2D eigenvalue weighted by Gasteiger charge is 2.34. The number of methoxy groups -OCH3 is 2. The van der Waals surface area contributed by atoms with Gasteiger partial charge in [0.25, 0.3) is 0 Å². The average molecular weight is 176 g/mol. The molecule has 0 saturated heterocycles. The molecule has 2 atom stereocenters. The summed E-state index contributed by atoms with van der Waals surface area (Å²) >= 11 is 0. The third kappa shape index (κ3) is 2.79. The molecule has 0 spiro atoms. The minimum absolute atomic E-state index is 0.114. The fourth-order valence-electron chi connectivity index (χ4n) is 0.848. The van der Waals surface area contributed by atoms with Gasteiger partial charge in [0.1, 0.15) is 0 Å². The van der Waals surface area contributed by atoms with Gasteiger partial charge in [0.2, 0.25) is 0 Å². The Labute approximate surface area is 72.5 Å². The number of rotatable bonds is 4. The van der Waals surface area contributed by atoms with Crippen LogP contribution in [0.4, 0.5) is 0 Å². The van der Waals surface area contributed by atoms with Gasteiger partial charge >= 0.3 is 5.97 Å². The van der Waals surface area contributed by atoms with Crippen molar-refractivity contribution in [3.63, 3.8) is 0 Å². The van der Waals surface area contributed by atoms with Crippen LogP contribution in [-0.2, 0) is 14.3 Å². The molecule has 1 N–H and O–H groups in total. The summed E-state index contributed by atoms with van der Waals surface area (Å²) in [6.45, 7) is 3.26. The van der Waals surface area contributed by atoms with Crippen molar-refractivity contribution in [1.29, 1.82) is 0 Å². The zero-order chi connectivity index (χ0) is 9.78. The number of carbonyl (C=O) groups is 1. The van der Waals surface area contributed by atoms with Crippen LogP contribution in [0.25, 0.3) is 0 Å². The summed E-state index contributed by atoms with van der Waals surface area (Å²) < 4.78 is 9.25. The van der Waals surface area contributed by atoms with E-state index < -0.39 is 17.5 Å². The van der Waals surface area contributed by atoms with Crippen molar-refractivity contribution in [2.75, 3.05) is 20.8 Å². The topological polar surface area (TPSA) is 55.8 Å². The van der Waals surface area contributed by atoms with E-state index in [1.807, 2.05) is 0 Å². The van der Waals surface area contributed by atoms with Crippen LogP contribution in [0.15, 0.2) is 0 Å². The van der Waals surface area contributed by atoms with E-state index in [0.717, 1.165) is 0 Å². The zero-order valence-corrected chi connectivity index (χ0v) is 7.96. The lowest BCUT2D eigenvalue weighted by Crippen LogP contribution is -2.42. The summed E-state index contributed by atoms with van der Waals surface area (Å²) in [4.78, 5) is 11.0. The summed E-state index contributed by atoms with van der Waals surface area (Å²) in [6.07, 6.45) is 0. The molecule has 0 aliphatic carbocycles. The molecule has 0 aromatic rings. The lowest BCUT2D eigenvalue weighted by molar-refractivity contribution is -0.156. The number of ether oxygens (including phenoxy) is 2. The fraction of sp³-hybridized carbons (Fsp3) is 0.875. The number of esters is 1. The van der Waals surface area contributed by atoms with Crippen molar-refractivity contribution >= 4 is 5.97 Å². The first kappa shape index (κ1) is 11.4. The van der Waals surface area contributed by atoms with E-state index in [2.05, 4.69) is 4.74 Å². The van der Waals surface area contributed by atoms with Gasteiger partial charge in [-0.05, 0) is 13.8 Å². The second-order valence-corrected chi connectivity index (χ2v) is 3.04. The standard InChI is InChI=1S/C8H16O4/c1-6(7(9)12-4)8(2,10)5-11-3/h6,10H,5H2,1-4H3. The highest BCUT2D eigenvalue weighted by molar-refractivity contribution is 5.73. The van der Waals surface area contributed by atoms with Crippen LogP contribution in [0, 0.1) is 5.92 Å². The maximum Gasteiger partial charge on any atom is 0.311 e. The molecule has 0 heterocycles. The molecule has 2 unspecified atom stereocenters. The van der Waals surface area contributed by atoms with Gasteiger partial charge in [-0.3, -0.25) is 4.79 Å². The number of carbonyl (C=O) groups excluding carboxylic acids is 1. The Balaban J connectivity index is 4.23. The first-order valence-corrected chi connectivity index (χ1v) is 3.75. The van der Waals surface area contributed by atoms with Crippen LogP contribution in [0.1, 0.15) is 13.8 Å². The molecular weight excluding hydrogens is 160 g/mol. The Morgan fingerprint density at radius 2 is 2.08 bits per heavy atom. The van der Waals surface area contributed by atoms with Gasteiger partial charge in [-0.1, -0.05) is 0 Å². The molecular formula is C8H16O4. The lowest BCUT2D eigenvalue weighted by atomic mass is 9.92. The maximum atomic E-state index is 11.0. The van der Waals surface area contributed by atoms with Gasteiger partial charge in [-0.2, -0.15) is 0 Å². The maximum absolute atomic E-state index is 11.0. The van der Waals surface area contributed by atoms with E-state index in [0.29, 0.717) is 0 Å². The fourth-order valence-corrected chi connectivity index (χ4v) is 0.848. The zero-order valence-electron chi connectivity index (χ0n) is 7.96. The molecule has 0 fully saturated rings. The van der Waals surface area contributed by atoms with Crippen molar-refractivity contribution in [3.05, 3.63) is 0 Å². The van der Waals surface area contributed by atoms with Crippen molar-refractivity contribution in [2.24, 2.45) is 5.92 Å². The largest absolute Gasteiger partial charge is 0.469 e. The molecule has 4 nitrogen and oxygen atoms in total. The van der Waals surface area contributed by atoms with E-state index in [9.17, 15) is 9.90 Å². The van der Waals surface area contributed by atoms with Gasteiger partial charge in [0.15, 0.2) is 0 Å². The molecule has 72 valence electrons. The van der Waals surface area contributed by atoms with Gasteiger partial charge in [0, 0.05) is 7.11 Å². The minimum Gasteiger partial charge on any atom is -0.469 e. The summed E-state index contributed by atoms with van der Waals surface area (Å²) in [5.41, 5.74) is -1.16.